The maximum Gasteiger partial charge on any atom is 0.191 e. The van der Waals surface area contributed by atoms with Gasteiger partial charge >= 0.3 is 0 Å². The van der Waals surface area contributed by atoms with E-state index < -0.39 is 0 Å². The standard InChI is InChI=1S/C22H32ClN5O2/c1-4-24-22(25-14-19-13-20(16(2)3)27-30-19)26-15-21(28-9-11-29-12-10-28)17-5-7-18(23)8-6-17/h5-8,13,16,21H,4,9-12,14-15H2,1-3H3,(H2,24,25,26). The number of halogens is 1. The molecule has 1 unspecified atom stereocenters. The zero-order valence-electron chi connectivity index (χ0n) is 18.0. The average Bonchev–Trinajstić information content (AvgIpc) is 3.23. The summed E-state index contributed by atoms with van der Waals surface area (Å²) in [5, 5.41) is 11.7. The van der Waals surface area contributed by atoms with Crippen molar-refractivity contribution in [2.75, 3.05) is 39.4 Å². The third-order valence-electron chi connectivity index (χ3n) is 5.11. The maximum absolute atomic E-state index is 6.10. The van der Waals surface area contributed by atoms with Crippen LogP contribution in [0.2, 0.25) is 5.02 Å². The van der Waals surface area contributed by atoms with Gasteiger partial charge in [0.15, 0.2) is 11.7 Å². The molecule has 1 aromatic heterocycles. The van der Waals surface area contributed by atoms with Gasteiger partial charge in [-0.25, -0.2) is 4.99 Å². The Morgan fingerprint density at radius 1 is 1.20 bits per heavy atom. The highest BCUT2D eigenvalue weighted by molar-refractivity contribution is 6.30. The molecule has 0 saturated carbocycles. The molecule has 2 heterocycles. The smallest absolute Gasteiger partial charge is 0.191 e. The summed E-state index contributed by atoms with van der Waals surface area (Å²) >= 11 is 6.10. The van der Waals surface area contributed by atoms with Gasteiger partial charge in [-0.2, -0.15) is 0 Å². The molecule has 1 aromatic carbocycles. The summed E-state index contributed by atoms with van der Waals surface area (Å²) in [4.78, 5) is 7.12. The van der Waals surface area contributed by atoms with Crippen molar-refractivity contribution in [1.29, 1.82) is 0 Å². The minimum absolute atomic E-state index is 0.202. The fourth-order valence-corrected chi connectivity index (χ4v) is 3.53. The molecule has 1 atom stereocenters. The van der Waals surface area contributed by atoms with Crippen LogP contribution in [0.5, 0.6) is 0 Å². The Balaban J connectivity index is 1.68. The molecule has 30 heavy (non-hydrogen) atoms. The Morgan fingerprint density at radius 3 is 2.57 bits per heavy atom. The van der Waals surface area contributed by atoms with E-state index in [9.17, 15) is 0 Å². The number of guanidine groups is 1. The number of hydrogen-bond acceptors (Lipinski definition) is 5. The summed E-state index contributed by atoms with van der Waals surface area (Å²) in [6.07, 6.45) is 0. The van der Waals surface area contributed by atoms with E-state index >= 15 is 0 Å². The van der Waals surface area contributed by atoms with Crippen molar-refractivity contribution < 1.29 is 9.26 Å². The van der Waals surface area contributed by atoms with Crippen molar-refractivity contribution in [1.82, 2.24) is 20.7 Å². The molecule has 1 saturated heterocycles. The van der Waals surface area contributed by atoms with Crippen molar-refractivity contribution in [3.63, 3.8) is 0 Å². The van der Waals surface area contributed by atoms with Crippen LogP contribution in [-0.2, 0) is 11.3 Å². The molecule has 0 amide bonds. The second-order valence-corrected chi connectivity index (χ2v) is 8.10. The van der Waals surface area contributed by atoms with Gasteiger partial charge in [-0.15, -0.1) is 0 Å². The van der Waals surface area contributed by atoms with Crippen LogP contribution < -0.4 is 10.6 Å². The molecule has 0 bridgehead atoms. The van der Waals surface area contributed by atoms with Gasteiger partial charge in [-0.05, 0) is 30.5 Å². The first-order valence-electron chi connectivity index (χ1n) is 10.6. The molecule has 1 fully saturated rings. The predicted molar refractivity (Wildman–Crippen MR) is 120 cm³/mol. The molecule has 2 N–H and O–H groups in total. The Labute approximate surface area is 183 Å². The van der Waals surface area contributed by atoms with Crippen molar-refractivity contribution in [2.45, 2.75) is 39.3 Å². The first-order valence-corrected chi connectivity index (χ1v) is 11.0. The van der Waals surface area contributed by atoms with Crippen LogP contribution in [-0.4, -0.2) is 55.4 Å². The van der Waals surface area contributed by atoms with Gasteiger partial charge in [0.2, 0.25) is 0 Å². The number of hydrogen-bond donors (Lipinski definition) is 2. The van der Waals surface area contributed by atoms with Gasteiger partial charge in [-0.3, -0.25) is 4.90 Å². The van der Waals surface area contributed by atoms with E-state index in [1.807, 2.05) is 18.2 Å². The lowest BCUT2D eigenvalue weighted by Gasteiger charge is -2.35. The molecular formula is C22H32ClN5O2. The van der Waals surface area contributed by atoms with E-state index in [1.54, 1.807) is 0 Å². The van der Waals surface area contributed by atoms with Crippen LogP contribution >= 0.6 is 11.6 Å². The first kappa shape index (κ1) is 22.6. The minimum atomic E-state index is 0.202. The summed E-state index contributed by atoms with van der Waals surface area (Å²) < 4.78 is 10.9. The largest absolute Gasteiger partial charge is 0.379 e. The quantitative estimate of drug-likeness (QED) is 0.489. The zero-order valence-corrected chi connectivity index (χ0v) is 18.8. The summed E-state index contributed by atoms with van der Waals surface area (Å²) in [5.41, 5.74) is 2.18. The number of ether oxygens (including phenoxy) is 1. The number of nitrogens with one attached hydrogen (secondary N) is 2. The average molecular weight is 434 g/mol. The Morgan fingerprint density at radius 2 is 1.93 bits per heavy atom. The van der Waals surface area contributed by atoms with Gasteiger partial charge in [0.05, 0.1) is 24.9 Å². The third kappa shape index (κ3) is 6.45. The number of nitrogens with zero attached hydrogens (tertiary/aromatic N) is 3. The Hall–Kier alpha value is -2.09. The van der Waals surface area contributed by atoms with Gasteiger partial charge < -0.3 is 19.9 Å². The summed E-state index contributed by atoms with van der Waals surface area (Å²) in [5.74, 6) is 1.86. The lowest BCUT2D eigenvalue weighted by atomic mass is 10.0. The molecule has 0 radical (unpaired) electrons. The van der Waals surface area contributed by atoms with Crippen molar-refractivity contribution in [3.8, 4) is 0 Å². The van der Waals surface area contributed by atoms with Gasteiger partial charge in [0, 0.05) is 37.3 Å². The monoisotopic (exact) mass is 433 g/mol. The van der Waals surface area contributed by atoms with E-state index in [-0.39, 0.29) is 6.04 Å². The van der Waals surface area contributed by atoms with Crippen LogP contribution in [0.25, 0.3) is 0 Å². The summed E-state index contributed by atoms with van der Waals surface area (Å²) in [6.45, 7) is 11.5. The molecule has 3 rings (SSSR count). The minimum Gasteiger partial charge on any atom is -0.379 e. The molecule has 8 heteroatoms. The Kier molecular flexibility index (Phi) is 8.54. The third-order valence-corrected chi connectivity index (χ3v) is 5.36. The summed E-state index contributed by atoms with van der Waals surface area (Å²) in [7, 11) is 0. The van der Waals surface area contributed by atoms with Crippen molar-refractivity contribution in [2.24, 2.45) is 4.99 Å². The predicted octanol–water partition coefficient (Wildman–Crippen LogP) is 3.58. The van der Waals surface area contributed by atoms with E-state index in [0.717, 1.165) is 61.8 Å². The van der Waals surface area contributed by atoms with Gasteiger partial charge in [-0.1, -0.05) is 42.7 Å². The van der Waals surface area contributed by atoms with E-state index in [4.69, 9.17) is 20.9 Å². The second-order valence-electron chi connectivity index (χ2n) is 7.66. The molecule has 2 aromatic rings. The fourth-order valence-electron chi connectivity index (χ4n) is 3.40. The van der Waals surface area contributed by atoms with Crippen LogP contribution in [0, 0.1) is 0 Å². The van der Waals surface area contributed by atoms with E-state index in [0.29, 0.717) is 12.5 Å². The number of rotatable bonds is 8. The zero-order chi connectivity index (χ0) is 21.3. The van der Waals surface area contributed by atoms with Crippen LogP contribution in [0.15, 0.2) is 39.8 Å². The first-order chi connectivity index (χ1) is 14.6. The van der Waals surface area contributed by atoms with Crippen molar-refractivity contribution >= 4 is 17.6 Å². The summed E-state index contributed by atoms with van der Waals surface area (Å²) in [6, 6.07) is 10.3. The molecule has 0 spiro atoms. The lowest BCUT2D eigenvalue weighted by molar-refractivity contribution is 0.0170. The number of aliphatic imine (C=N–C) groups is 1. The topological polar surface area (TPSA) is 74.9 Å². The number of benzene rings is 1. The molecule has 164 valence electrons. The highest BCUT2D eigenvalue weighted by Gasteiger charge is 2.23. The molecule has 7 nitrogen and oxygen atoms in total. The van der Waals surface area contributed by atoms with Gasteiger partial charge in [0.25, 0.3) is 0 Å². The Bertz CT molecular complexity index is 800. The fraction of sp³-hybridized carbons (Fsp3) is 0.545. The van der Waals surface area contributed by atoms with Crippen LogP contribution in [0.1, 0.15) is 49.7 Å². The number of morpholine rings is 1. The van der Waals surface area contributed by atoms with E-state index in [2.05, 4.69) is 58.6 Å². The SMILES string of the molecule is CCNC(=NCc1cc(C(C)C)no1)NCC(c1ccc(Cl)cc1)N1CCOCC1. The van der Waals surface area contributed by atoms with Crippen molar-refractivity contribution in [3.05, 3.63) is 52.4 Å². The lowest BCUT2D eigenvalue weighted by Crippen LogP contribution is -2.46. The highest BCUT2D eigenvalue weighted by atomic mass is 35.5. The van der Waals surface area contributed by atoms with Crippen LogP contribution in [0.3, 0.4) is 0 Å². The number of aromatic nitrogens is 1. The molecule has 0 aliphatic carbocycles. The molecule has 1 aliphatic rings. The van der Waals surface area contributed by atoms with E-state index in [1.165, 1.54) is 5.56 Å². The van der Waals surface area contributed by atoms with Crippen LogP contribution in [0.4, 0.5) is 0 Å². The highest BCUT2D eigenvalue weighted by Crippen LogP contribution is 2.23. The van der Waals surface area contributed by atoms with Gasteiger partial charge in [0.1, 0.15) is 6.54 Å². The molecular weight excluding hydrogens is 402 g/mol. The normalized spacial score (nSPS) is 16.6. The second kappa shape index (κ2) is 11.3. The maximum atomic E-state index is 6.10. The molecule has 1 aliphatic heterocycles.